The van der Waals surface area contributed by atoms with Gasteiger partial charge in [-0.2, -0.15) is 11.8 Å². The molecule has 1 N–H and O–H groups in total. The molecule has 2 rings (SSSR count). The third-order valence-corrected chi connectivity index (χ3v) is 5.69. The number of hydrogen-bond acceptors (Lipinski definition) is 3. The van der Waals surface area contributed by atoms with Crippen molar-refractivity contribution in [2.24, 2.45) is 0 Å². The maximum absolute atomic E-state index is 3.75. The first-order chi connectivity index (χ1) is 8.90. The second kappa shape index (κ2) is 8.13. The molecule has 1 saturated carbocycles. The minimum atomic E-state index is 0.756. The lowest BCUT2D eigenvalue weighted by atomic mass is 10.2. The fourth-order valence-corrected chi connectivity index (χ4v) is 4.53. The number of hydrogen-bond donors (Lipinski definition) is 1. The Bertz CT molecular complexity index is 329. The summed E-state index contributed by atoms with van der Waals surface area (Å²) in [5, 5.41) is 4.60. The monoisotopic (exact) mass is 281 g/mol. The lowest BCUT2D eigenvalue weighted by molar-refractivity contribution is 0.553. The first-order valence-electron chi connectivity index (χ1n) is 6.93. The molecule has 18 heavy (non-hydrogen) atoms. The molecule has 1 fully saturated rings. The van der Waals surface area contributed by atoms with E-state index in [0.29, 0.717) is 0 Å². The lowest BCUT2D eigenvalue weighted by Gasteiger charge is -2.20. The molecule has 0 heterocycles. The molecule has 100 valence electrons. The van der Waals surface area contributed by atoms with Gasteiger partial charge in [-0.05, 0) is 30.7 Å². The van der Waals surface area contributed by atoms with E-state index in [1.54, 1.807) is 0 Å². The predicted octanol–water partition coefficient (Wildman–Crippen LogP) is 4.04. The van der Waals surface area contributed by atoms with Crippen LogP contribution in [0.2, 0.25) is 0 Å². The molecule has 0 amide bonds. The molecular formula is C15H23NS2. The van der Waals surface area contributed by atoms with E-state index in [2.05, 4.69) is 54.3 Å². The van der Waals surface area contributed by atoms with Crippen LogP contribution in [0.1, 0.15) is 26.2 Å². The third-order valence-electron chi connectivity index (χ3n) is 3.35. The molecule has 1 aromatic rings. The van der Waals surface area contributed by atoms with Crippen LogP contribution in [0.15, 0.2) is 35.2 Å². The normalized spacial score (nSPS) is 23.4. The first-order valence-corrected chi connectivity index (χ1v) is 8.96. The quantitative estimate of drug-likeness (QED) is 0.598. The van der Waals surface area contributed by atoms with Crippen LogP contribution in [0.25, 0.3) is 0 Å². The molecule has 0 spiro atoms. The van der Waals surface area contributed by atoms with E-state index < -0.39 is 0 Å². The Kier molecular flexibility index (Phi) is 6.46. The molecule has 0 aliphatic heterocycles. The van der Waals surface area contributed by atoms with Gasteiger partial charge in [-0.3, -0.25) is 0 Å². The molecule has 0 radical (unpaired) electrons. The van der Waals surface area contributed by atoms with Crippen LogP contribution in [-0.4, -0.2) is 29.3 Å². The molecule has 2 unspecified atom stereocenters. The summed E-state index contributed by atoms with van der Waals surface area (Å²) in [6.45, 7) is 3.40. The van der Waals surface area contributed by atoms with Gasteiger partial charge in [0.15, 0.2) is 0 Å². The van der Waals surface area contributed by atoms with Crippen LogP contribution < -0.4 is 5.32 Å². The molecular weight excluding hydrogens is 258 g/mol. The topological polar surface area (TPSA) is 12.0 Å². The molecule has 0 saturated heterocycles. The summed E-state index contributed by atoms with van der Waals surface area (Å²) >= 11 is 4.08. The van der Waals surface area contributed by atoms with Crippen LogP contribution in [0.4, 0.5) is 0 Å². The Balaban J connectivity index is 1.63. The lowest BCUT2D eigenvalue weighted by Crippen LogP contribution is -2.35. The van der Waals surface area contributed by atoms with Crippen molar-refractivity contribution < 1.29 is 0 Å². The molecule has 0 bridgehead atoms. The van der Waals surface area contributed by atoms with Crippen LogP contribution in [-0.2, 0) is 0 Å². The zero-order valence-corrected chi connectivity index (χ0v) is 12.7. The fraction of sp³-hybridized carbons (Fsp3) is 0.600. The minimum absolute atomic E-state index is 0.756. The number of benzene rings is 1. The van der Waals surface area contributed by atoms with Gasteiger partial charge in [0.25, 0.3) is 0 Å². The van der Waals surface area contributed by atoms with Gasteiger partial charge in [0.05, 0.1) is 0 Å². The summed E-state index contributed by atoms with van der Waals surface area (Å²) in [4.78, 5) is 1.38. The van der Waals surface area contributed by atoms with Crippen LogP contribution in [0, 0.1) is 0 Å². The zero-order chi connectivity index (χ0) is 12.6. The highest BCUT2D eigenvalue weighted by Crippen LogP contribution is 2.29. The van der Waals surface area contributed by atoms with E-state index in [1.165, 1.54) is 35.7 Å². The van der Waals surface area contributed by atoms with Crippen molar-refractivity contribution >= 4 is 23.5 Å². The summed E-state index contributed by atoms with van der Waals surface area (Å²) in [7, 11) is 0. The van der Waals surface area contributed by atoms with Gasteiger partial charge in [0, 0.05) is 28.5 Å². The van der Waals surface area contributed by atoms with E-state index in [0.717, 1.165) is 17.8 Å². The van der Waals surface area contributed by atoms with Gasteiger partial charge in [-0.1, -0.05) is 31.5 Å². The van der Waals surface area contributed by atoms with Crippen molar-refractivity contribution in [3.05, 3.63) is 30.3 Å². The Hall–Kier alpha value is -0.120. The van der Waals surface area contributed by atoms with E-state index in [1.807, 2.05) is 11.8 Å². The highest BCUT2D eigenvalue weighted by molar-refractivity contribution is 8.00. The zero-order valence-electron chi connectivity index (χ0n) is 11.1. The summed E-state index contributed by atoms with van der Waals surface area (Å²) in [6.07, 6.45) is 4.18. The molecule has 1 nitrogen and oxygen atoms in total. The summed E-state index contributed by atoms with van der Waals surface area (Å²) in [6, 6.07) is 11.4. The maximum atomic E-state index is 3.75. The van der Waals surface area contributed by atoms with E-state index >= 15 is 0 Å². The van der Waals surface area contributed by atoms with Crippen LogP contribution in [0.3, 0.4) is 0 Å². The standard InChI is InChI=1S/C15H23NS2/c1-2-17-15-10-6-9-14(15)16-11-12-18-13-7-4-3-5-8-13/h3-5,7-8,14-16H,2,6,9-12H2,1H3. The number of nitrogens with one attached hydrogen (secondary N) is 1. The van der Waals surface area contributed by atoms with Crippen molar-refractivity contribution in [3.63, 3.8) is 0 Å². The second-order valence-electron chi connectivity index (χ2n) is 4.65. The average molecular weight is 281 g/mol. The van der Waals surface area contributed by atoms with Crippen molar-refractivity contribution in [3.8, 4) is 0 Å². The molecule has 2 atom stereocenters. The van der Waals surface area contributed by atoms with E-state index in [-0.39, 0.29) is 0 Å². The van der Waals surface area contributed by atoms with E-state index in [9.17, 15) is 0 Å². The highest BCUT2D eigenvalue weighted by Gasteiger charge is 2.26. The first kappa shape index (κ1) is 14.3. The molecule has 1 aliphatic carbocycles. The van der Waals surface area contributed by atoms with Gasteiger partial charge in [0.2, 0.25) is 0 Å². The fourth-order valence-electron chi connectivity index (χ4n) is 2.50. The Labute approximate surface area is 120 Å². The van der Waals surface area contributed by atoms with Crippen molar-refractivity contribution in [1.29, 1.82) is 0 Å². The van der Waals surface area contributed by atoms with Gasteiger partial charge < -0.3 is 5.32 Å². The third kappa shape index (κ3) is 4.52. The Morgan fingerprint density at radius 2 is 2.06 bits per heavy atom. The molecule has 1 aromatic carbocycles. The summed E-state index contributed by atoms with van der Waals surface area (Å²) in [5.74, 6) is 2.42. The van der Waals surface area contributed by atoms with Crippen LogP contribution >= 0.6 is 23.5 Å². The largest absolute Gasteiger partial charge is 0.312 e. The van der Waals surface area contributed by atoms with Gasteiger partial charge in [-0.25, -0.2) is 0 Å². The van der Waals surface area contributed by atoms with Gasteiger partial charge in [0.1, 0.15) is 0 Å². The molecule has 1 aliphatic rings. The Morgan fingerprint density at radius 3 is 2.83 bits per heavy atom. The maximum Gasteiger partial charge on any atom is 0.0201 e. The van der Waals surface area contributed by atoms with Crippen molar-refractivity contribution in [2.45, 2.75) is 42.4 Å². The van der Waals surface area contributed by atoms with Gasteiger partial charge >= 0.3 is 0 Å². The highest BCUT2D eigenvalue weighted by atomic mass is 32.2. The second-order valence-corrected chi connectivity index (χ2v) is 7.33. The number of thioether (sulfide) groups is 2. The Morgan fingerprint density at radius 1 is 1.22 bits per heavy atom. The summed E-state index contributed by atoms with van der Waals surface area (Å²) < 4.78 is 0. The van der Waals surface area contributed by atoms with Crippen molar-refractivity contribution in [2.75, 3.05) is 18.1 Å². The SMILES string of the molecule is CCSC1CCCC1NCCSc1ccccc1. The van der Waals surface area contributed by atoms with Crippen molar-refractivity contribution in [1.82, 2.24) is 5.32 Å². The average Bonchev–Trinajstić information content (AvgIpc) is 2.84. The summed E-state index contributed by atoms with van der Waals surface area (Å²) in [5.41, 5.74) is 0. The van der Waals surface area contributed by atoms with Gasteiger partial charge in [-0.15, -0.1) is 11.8 Å². The smallest absolute Gasteiger partial charge is 0.0201 e. The molecule has 0 aromatic heterocycles. The van der Waals surface area contributed by atoms with E-state index in [4.69, 9.17) is 0 Å². The number of rotatable bonds is 7. The predicted molar refractivity (Wildman–Crippen MR) is 84.7 cm³/mol. The molecule has 3 heteroatoms. The minimum Gasteiger partial charge on any atom is -0.312 e. The van der Waals surface area contributed by atoms with Crippen LogP contribution in [0.5, 0.6) is 0 Å².